The van der Waals surface area contributed by atoms with E-state index in [4.69, 9.17) is 0 Å². The molecule has 1 aromatic rings. The molecule has 23 heavy (non-hydrogen) atoms. The minimum absolute atomic E-state index is 0.223. The molecule has 1 heterocycles. The molecule has 0 aliphatic carbocycles. The molecular weight excluding hydrogens is 316 g/mol. The molecule has 8 heteroatoms. The van der Waals surface area contributed by atoms with Gasteiger partial charge in [-0.25, -0.2) is 4.79 Å². The number of amidine groups is 1. The van der Waals surface area contributed by atoms with Crippen LogP contribution in [-0.2, 0) is 14.3 Å². The Morgan fingerprint density at radius 1 is 1.30 bits per heavy atom. The van der Waals surface area contributed by atoms with Crippen molar-refractivity contribution in [2.24, 2.45) is 10.2 Å². The van der Waals surface area contributed by atoms with Crippen LogP contribution in [0.4, 0.5) is 5.69 Å². The van der Waals surface area contributed by atoms with Gasteiger partial charge in [0.1, 0.15) is 0 Å². The number of hydrogen-bond acceptors (Lipinski definition) is 7. The van der Waals surface area contributed by atoms with Crippen LogP contribution >= 0.6 is 11.8 Å². The van der Waals surface area contributed by atoms with Crippen LogP contribution in [-0.4, -0.2) is 44.5 Å². The van der Waals surface area contributed by atoms with Gasteiger partial charge in [0.05, 0.1) is 18.2 Å². The number of hydrogen-bond donors (Lipinski definition) is 1. The van der Waals surface area contributed by atoms with Gasteiger partial charge in [-0.3, -0.25) is 10.1 Å². The van der Waals surface area contributed by atoms with E-state index in [2.05, 4.69) is 20.3 Å². The van der Waals surface area contributed by atoms with Gasteiger partial charge < -0.3 is 9.64 Å². The standard InChI is InChI=1S/C15H16N4O3S/c1-19(2)11-6-4-10(5-7-11)9-16-18-15-17-14(21)12(23-15)8-13(20)22-3/h4-9H,1-3H3,(H,17,18,21). The maximum atomic E-state index is 11.6. The Bertz CT molecular complexity index is 693. The van der Waals surface area contributed by atoms with Crippen molar-refractivity contribution < 1.29 is 14.3 Å². The number of benzene rings is 1. The van der Waals surface area contributed by atoms with E-state index in [9.17, 15) is 9.59 Å². The minimum Gasteiger partial charge on any atom is -0.466 e. The SMILES string of the molecule is COC(=O)C=C1SC(=NN=Cc2ccc(N(C)C)cc2)NC1=O. The Hall–Kier alpha value is -2.61. The Morgan fingerprint density at radius 3 is 2.61 bits per heavy atom. The molecule has 1 aromatic carbocycles. The van der Waals surface area contributed by atoms with Crippen LogP contribution < -0.4 is 10.2 Å². The number of nitrogens with one attached hydrogen (secondary N) is 1. The summed E-state index contributed by atoms with van der Waals surface area (Å²) in [6.07, 6.45) is 2.70. The third-order valence-corrected chi connectivity index (χ3v) is 3.77. The molecule has 1 N–H and O–H groups in total. The van der Waals surface area contributed by atoms with Crippen molar-refractivity contribution in [2.75, 3.05) is 26.1 Å². The number of anilines is 1. The van der Waals surface area contributed by atoms with Crippen molar-refractivity contribution in [3.8, 4) is 0 Å². The highest BCUT2D eigenvalue weighted by Gasteiger charge is 2.24. The molecule has 0 atom stereocenters. The van der Waals surface area contributed by atoms with Gasteiger partial charge in [0.15, 0.2) is 5.17 Å². The lowest BCUT2D eigenvalue weighted by Crippen LogP contribution is -2.19. The first-order valence-corrected chi connectivity index (χ1v) is 7.48. The van der Waals surface area contributed by atoms with Gasteiger partial charge in [-0.05, 0) is 29.5 Å². The number of esters is 1. The molecule has 0 spiro atoms. The van der Waals surface area contributed by atoms with Crippen LogP contribution in [0.1, 0.15) is 5.56 Å². The third-order valence-electron chi connectivity index (χ3n) is 2.87. The summed E-state index contributed by atoms with van der Waals surface area (Å²) in [5.74, 6) is -0.988. The molecule has 1 amide bonds. The van der Waals surface area contributed by atoms with Crippen LogP contribution in [0.25, 0.3) is 0 Å². The molecule has 120 valence electrons. The van der Waals surface area contributed by atoms with E-state index in [0.717, 1.165) is 29.1 Å². The van der Waals surface area contributed by atoms with Gasteiger partial charge in [-0.1, -0.05) is 12.1 Å². The van der Waals surface area contributed by atoms with Crippen molar-refractivity contribution >= 4 is 40.7 Å². The summed E-state index contributed by atoms with van der Waals surface area (Å²) >= 11 is 1.03. The molecule has 0 aromatic heterocycles. The largest absolute Gasteiger partial charge is 0.466 e. The molecule has 2 rings (SSSR count). The molecule has 0 radical (unpaired) electrons. The summed E-state index contributed by atoms with van der Waals surface area (Å²) in [6.45, 7) is 0. The summed E-state index contributed by atoms with van der Waals surface area (Å²) in [7, 11) is 5.18. The van der Waals surface area contributed by atoms with Crippen LogP contribution in [0.2, 0.25) is 0 Å². The average Bonchev–Trinajstić information content (AvgIpc) is 2.87. The summed E-state index contributed by atoms with van der Waals surface area (Å²) in [5, 5.41) is 10.7. The van der Waals surface area contributed by atoms with E-state index in [0.29, 0.717) is 5.17 Å². The second-order valence-corrected chi connectivity index (χ2v) is 5.75. The van der Waals surface area contributed by atoms with E-state index in [1.807, 2.05) is 43.3 Å². The molecule has 1 aliphatic heterocycles. The first kappa shape index (κ1) is 16.8. The van der Waals surface area contributed by atoms with Crippen molar-refractivity contribution in [3.05, 3.63) is 40.8 Å². The molecular formula is C15H16N4O3S. The first-order valence-electron chi connectivity index (χ1n) is 6.67. The summed E-state index contributed by atoms with van der Waals surface area (Å²) in [6, 6.07) is 7.78. The van der Waals surface area contributed by atoms with Gasteiger partial charge in [-0.15, -0.1) is 5.10 Å². The van der Waals surface area contributed by atoms with Crippen LogP contribution in [0, 0.1) is 0 Å². The smallest absolute Gasteiger partial charge is 0.331 e. The van der Waals surface area contributed by atoms with Gasteiger partial charge >= 0.3 is 5.97 Å². The van der Waals surface area contributed by atoms with Gasteiger partial charge in [-0.2, -0.15) is 5.10 Å². The number of methoxy groups -OCH3 is 1. The maximum Gasteiger partial charge on any atom is 0.331 e. The molecule has 1 saturated heterocycles. The van der Waals surface area contributed by atoms with E-state index < -0.39 is 11.9 Å². The number of amides is 1. The van der Waals surface area contributed by atoms with Crippen molar-refractivity contribution in [3.63, 3.8) is 0 Å². The number of ether oxygens (including phenoxy) is 1. The van der Waals surface area contributed by atoms with Gasteiger partial charge in [0.25, 0.3) is 5.91 Å². The monoisotopic (exact) mass is 332 g/mol. The maximum absolute atomic E-state index is 11.6. The van der Waals surface area contributed by atoms with E-state index in [1.165, 1.54) is 7.11 Å². The first-order chi connectivity index (χ1) is 11.0. The number of rotatable bonds is 4. The molecule has 0 bridgehead atoms. The van der Waals surface area contributed by atoms with Crippen LogP contribution in [0.5, 0.6) is 0 Å². The number of carbonyl (C=O) groups excluding carboxylic acids is 2. The number of carbonyl (C=O) groups is 2. The average molecular weight is 332 g/mol. The summed E-state index contributed by atoms with van der Waals surface area (Å²) in [5.41, 5.74) is 1.98. The zero-order valence-electron chi connectivity index (χ0n) is 12.9. The number of nitrogens with zero attached hydrogens (tertiary/aromatic N) is 3. The highest BCUT2D eigenvalue weighted by atomic mass is 32.2. The molecule has 7 nitrogen and oxygen atoms in total. The normalized spacial score (nSPS) is 17.8. The topological polar surface area (TPSA) is 83.4 Å². The van der Waals surface area contributed by atoms with Gasteiger partial charge in [0, 0.05) is 25.9 Å². The quantitative estimate of drug-likeness (QED) is 0.390. The molecule has 1 fully saturated rings. The molecule has 0 saturated carbocycles. The lowest BCUT2D eigenvalue weighted by molar-refractivity contribution is -0.135. The summed E-state index contributed by atoms with van der Waals surface area (Å²) < 4.78 is 4.48. The Labute approximate surface area is 138 Å². The predicted molar refractivity (Wildman–Crippen MR) is 91.6 cm³/mol. The van der Waals surface area contributed by atoms with Gasteiger partial charge in [0.2, 0.25) is 0 Å². The second kappa shape index (κ2) is 7.59. The lowest BCUT2D eigenvalue weighted by Gasteiger charge is -2.11. The zero-order valence-corrected chi connectivity index (χ0v) is 13.8. The Balaban J connectivity index is 2.02. The zero-order chi connectivity index (χ0) is 16.8. The Morgan fingerprint density at radius 2 is 2.00 bits per heavy atom. The molecule has 1 aliphatic rings. The predicted octanol–water partition coefficient (Wildman–Crippen LogP) is 1.36. The third kappa shape index (κ3) is 4.68. The Kier molecular flexibility index (Phi) is 5.53. The van der Waals surface area contributed by atoms with Crippen molar-refractivity contribution in [1.82, 2.24) is 5.32 Å². The highest BCUT2D eigenvalue weighted by molar-refractivity contribution is 8.18. The summed E-state index contributed by atoms with van der Waals surface area (Å²) in [4.78, 5) is 25.0. The fourth-order valence-electron chi connectivity index (χ4n) is 1.65. The number of thioether (sulfide) groups is 1. The fourth-order valence-corrected chi connectivity index (χ4v) is 2.39. The van der Waals surface area contributed by atoms with Crippen LogP contribution in [0.3, 0.4) is 0 Å². The van der Waals surface area contributed by atoms with Crippen molar-refractivity contribution in [1.29, 1.82) is 0 Å². The van der Waals surface area contributed by atoms with E-state index in [-0.39, 0.29) is 4.91 Å². The van der Waals surface area contributed by atoms with E-state index in [1.54, 1.807) is 6.21 Å². The molecule has 0 unspecified atom stereocenters. The fraction of sp³-hybridized carbons (Fsp3) is 0.200. The van der Waals surface area contributed by atoms with Crippen molar-refractivity contribution in [2.45, 2.75) is 0 Å². The van der Waals surface area contributed by atoms with E-state index >= 15 is 0 Å². The van der Waals surface area contributed by atoms with Crippen LogP contribution in [0.15, 0.2) is 45.4 Å². The lowest BCUT2D eigenvalue weighted by atomic mass is 10.2. The minimum atomic E-state index is -0.589. The second-order valence-electron chi connectivity index (χ2n) is 4.72. The highest BCUT2D eigenvalue weighted by Crippen LogP contribution is 2.23.